The molecule has 0 aromatic heterocycles. The molecule has 2 aromatic rings. The van der Waals surface area contributed by atoms with Gasteiger partial charge in [0.1, 0.15) is 12.4 Å². The molecular weight excluding hydrogens is 392 g/mol. The number of hydrogen-bond acceptors (Lipinski definition) is 6. The zero-order valence-electron chi connectivity index (χ0n) is 17.5. The van der Waals surface area contributed by atoms with E-state index in [2.05, 4.69) is 23.4 Å². The smallest absolute Gasteiger partial charge is 0.333 e. The van der Waals surface area contributed by atoms with Crippen LogP contribution < -0.4 is 0 Å². The molecule has 0 amide bonds. The van der Waals surface area contributed by atoms with Gasteiger partial charge in [0.2, 0.25) is 0 Å². The predicted molar refractivity (Wildman–Crippen MR) is 121 cm³/mol. The number of Topliss-reactive ketones (excluding diaryl/α,β-unsaturated/α-hetero) is 1. The lowest BCUT2D eigenvalue weighted by Gasteiger charge is -2.06. The van der Waals surface area contributed by atoms with Crippen molar-refractivity contribution < 1.29 is 19.4 Å². The van der Waals surface area contributed by atoms with Crippen LogP contribution >= 0.6 is 0 Å². The Labute approximate surface area is 181 Å². The van der Waals surface area contributed by atoms with Crippen molar-refractivity contribution in [2.75, 3.05) is 0 Å². The van der Waals surface area contributed by atoms with E-state index < -0.39 is 5.97 Å². The Morgan fingerprint density at radius 3 is 2.48 bits per heavy atom. The fraction of sp³-hybridized carbons (Fsp3) is 0.120. The molecular formula is C25H24N2O4. The first-order valence-corrected chi connectivity index (χ1v) is 9.52. The number of benzene rings is 2. The van der Waals surface area contributed by atoms with Crippen LogP contribution in [-0.4, -0.2) is 16.9 Å². The number of carbonyl (C=O) groups is 2. The molecule has 1 N–H and O–H groups in total. The molecule has 0 atom stereocenters. The highest BCUT2D eigenvalue weighted by atomic mass is 16.5. The zero-order valence-corrected chi connectivity index (χ0v) is 17.5. The fourth-order valence-corrected chi connectivity index (χ4v) is 2.53. The van der Waals surface area contributed by atoms with Crippen molar-refractivity contribution in [1.29, 1.82) is 0 Å². The summed E-state index contributed by atoms with van der Waals surface area (Å²) in [6.07, 6.45) is 6.45. The summed E-state index contributed by atoms with van der Waals surface area (Å²) in [6.45, 7) is 10.6. The number of azo groups is 1. The highest BCUT2D eigenvalue weighted by Crippen LogP contribution is 2.27. The summed E-state index contributed by atoms with van der Waals surface area (Å²) in [4.78, 5) is 24.3. The molecule has 0 aliphatic rings. The number of phenols is 1. The van der Waals surface area contributed by atoms with Crippen molar-refractivity contribution >= 4 is 23.1 Å². The van der Waals surface area contributed by atoms with Crippen molar-refractivity contribution in [2.24, 2.45) is 10.2 Å². The van der Waals surface area contributed by atoms with Gasteiger partial charge in [0.25, 0.3) is 0 Å². The van der Waals surface area contributed by atoms with Crippen molar-refractivity contribution in [3.63, 3.8) is 0 Å². The summed E-state index contributed by atoms with van der Waals surface area (Å²) in [5, 5.41) is 18.5. The van der Waals surface area contributed by atoms with Crippen LogP contribution in [0.5, 0.6) is 5.75 Å². The summed E-state index contributed by atoms with van der Waals surface area (Å²) in [6, 6.07) is 11.5. The van der Waals surface area contributed by atoms with E-state index in [-0.39, 0.29) is 23.7 Å². The first-order chi connectivity index (χ1) is 14.8. The first-order valence-electron chi connectivity index (χ1n) is 9.52. The monoisotopic (exact) mass is 416 g/mol. The van der Waals surface area contributed by atoms with Crippen LogP contribution in [0.2, 0.25) is 0 Å². The van der Waals surface area contributed by atoms with Crippen LogP contribution in [0.3, 0.4) is 0 Å². The number of esters is 1. The van der Waals surface area contributed by atoms with Crippen molar-refractivity contribution in [3.05, 3.63) is 102 Å². The SMILES string of the molecule is C=C/C=C(\C=C/C)C(=O)c1cc(N=Nc2cccc(COC(=O)C(=C)C)c2)ccc1O. The van der Waals surface area contributed by atoms with E-state index in [0.717, 1.165) is 5.56 Å². The third-order valence-corrected chi connectivity index (χ3v) is 4.04. The Bertz CT molecular complexity index is 1090. The molecule has 0 fully saturated rings. The maximum absolute atomic E-state index is 12.7. The van der Waals surface area contributed by atoms with Gasteiger partial charge in [0.05, 0.1) is 16.9 Å². The second-order valence-electron chi connectivity index (χ2n) is 6.61. The van der Waals surface area contributed by atoms with E-state index in [1.54, 1.807) is 62.4 Å². The average molecular weight is 416 g/mol. The second-order valence-corrected chi connectivity index (χ2v) is 6.61. The summed E-state index contributed by atoms with van der Waals surface area (Å²) in [5.74, 6) is -0.963. The normalized spacial score (nSPS) is 11.6. The first kappa shape index (κ1) is 23.2. The topological polar surface area (TPSA) is 88.3 Å². The van der Waals surface area contributed by atoms with E-state index in [4.69, 9.17) is 4.74 Å². The van der Waals surface area contributed by atoms with Gasteiger partial charge in [-0.1, -0.05) is 49.6 Å². The van der Waals surface area contributed by atoms with Crippen molar-refractivity contribution in [1.82, 2.24) is 0 Å². The second kappa shape index (κ2) is 11.2. The molecule has 0 radical (unpaired) electrons. The molecule has 0 bridgehead atoms. The molecule has 158 valence electrons. The van der Waals surface area contributed by atoms with Gasteiger partial charge in [-0.05, 0) is 49.7 Å². The highest BCUT2D eigenvalue weighted by Gasteiger charge is 2.15. The predicted octanol–water partition coefficient (Wildman–Crippen LogP) is 6.30. The number of ketones is 1. The Hall–Kier alpha value is -4.06. The van der Waals surface area contributed by atoms with Gasteiger partial charge in [0, 0.05) is 11.1 Å². The lowest BCUT2D eigenvalue weighted by atomic mass is 10.0. The lowest BCUT2D eigenvalue weighted by Crippen LogP contribution is -2.04. The minimum atomic E-state index is -0.462. The molecule has 0 saturated carbocycles. The molecule has 0 saturated heterocycles. The molecule has 2 aromatic carbocycles. The standard InChI is InChI=1S/C25H24N2O4/c1-5-8-19(9-6-2)24(29)22-15-21(12-13-23(22)28)27-26-20-11-7-10-18(14-20)16-31-25(30)17(3)4/h5-15,28H,1,3,16H2,2,4H3/b9-6-,19-8+,27-26?. The number of phenolic OH excluding ortho intramolecular Hbond substituents is 1. The lowest BCUT2D eigenvalue weighted by molar-refractivity contribution is -0.140. The number of nitrogens with zero attached hydrogens (tertiary/aromatic N) is 2. The molecule has 31 heavy (non-hydrogen) atoms. The molecule has 6 heteroatoms. The van der Waals surface area contributed by atoms with Gasteiger partial charge in [-0.15, -0.1) is 0 Å². The number of aromatic hydroxyl groups is 1. The largest absolute Gasteiger partial charge is 0.507 e. The number of hydrogen-bond donors (Lipinski definition) is 1. The van der Waals surface area contributed by atoms with Crippen LogP contribution in [0.4, 0.5) is 11.4 Å². The maximum atomic E-state index is 12.7. The molecule has 2 rings (SSSR count). The molecule has 0 heterocycles. The zero-order chi connectivity index (χ0) is 22.8. The molecule has 0 aliphatic heterocycles. The van der Waals surface area contributed by atoms with Gasteiger partial charge < -0.3 is 9.84 Å². The van der Waals surface area contributed by atoms with Crippen LogP contribution in [-0.2, 0) is 16.1 Å². The van der Waals surface area contributed by atoms with Crippen molar-refractivity contribution in [3.8, 4) is 5.75 Å². The van der Waals surface area contributed by atoms with E-state index >= 15 is 0 Å². The van der Waals surface area contributed by atoms with E-state index in [0.29, 0.717) is 22.5 Å². The third kappa shape index (κ3) is 6.75. The van der Waals surface area contributed by atoms with Crippen LogP contribution in [0, 0.1) is 0 Å². The third-order valence-electron chi connectivity index (χ3n) is 4.04. The molecule has 6 nitrogen and oxygen atoms in total. The Morgan fingerprint density at radius 1 is 1.13 bits per heavy atom. The minimum absolute atomic E-state index is 0.0935. The van der Waals surface area contributed by atoms with Crippen LogP contribution in [0.25, 0.3) is 0 Å². The summed E-state index contributed by atoms with van der Waals surface area (Å²) in [5.41, 5.74) is 2.53. The van der Waals surface area contributed by atoms with E-state index in [9.17, 15) is 14.7 Å². The summed E-state index contributed by atoms with van der Waals surface area (Å²) >= 11 is 0. The van der Waals surface area contributed by atoms with Gasteiger partial charge in [-0.2, -0.15) is 10.2 Å². The average Bonchev–Trinajstić information content (AvgIpc) is 2.76. The van der Waals surface area contributed by atoms with Gasteiger partial charge in [-0.3, -0.25) is 4.79 Å². The van der Waals surface area contributed by atoms with Gasteiger partial charge in [0.15, 0.2) is 5.78 Å². The number of allylic oxidation sites excluding steroid dienone is 5. The maximum Gasteiger partial charge on any atom is 0.333 e. The van der Waals surface area contributed by atoms with Crippen LogP contribution in [0.1, 0.15) is 29.8 Å². The fourth-order valence-electron chi connectivity index (χ4n) is 2.53. The van der Waals surface area contributed by atoms with Crippen molar-refractivity contribution in [2.45, 2.75) is 20.5 Å². The molecule has 0 aliphatic carbocycles. The Balaban J connectivity index is 2.23. The highest BCUT2D eigenvalue weighted by molar-refractivity contribution is 6.12. The number of rotatable bonds is 9. The van der Waals surface area contributed by atoms with E-state index in [1.807, 2.05) is 0 Å². The minimum Gasteiger partial charge on any atom is -0.507 e. The Morgan fingerprint density at radius 2 is 1.84 bits per heavy atom. The number of ether oxygens (including phenoxy) is 1. The molecule has 0 spiro atoms. The Kier molecular flexibility index (Phi) is 8.40. The van der Waals surface area contributed by atoms with Gasteiger partial charge in [-0.25, -0.2) is 4.79 Å². The van der Waals surface area contributed by atoms with Gasteiger partial charge >= 0.3 is 5.97 Å². The molecule has 0 unspecified atom stereocenters. The number of carbonyl (C=O) groups excluding carboxylic acids is 2. The van der Waals surface area contributed by atoms with E-state index in [1.165, 1.54) is 18.2 Å². The summed E-state index contributed by atoms with van der Waals surface area (Å²) in [7, 11) is 0. The summed E-state index contributed by atoms with van der Waals surface area (Å²) < 4.78 is 5.13. The van der Waals surface area contributed by atoms with Crippen LogP contribution in [0.15, 0.2) is 101 Å². The quantitative estimate of drug-likeness (QED) is 0.171.